The summed E-state index contributed by atoms with van der Waals surface area (Å²) in [6.07, 6.45) is 3.25. The maximum Gasteiger partial charge on any atom is 0.162 e. The van der Waals surface area contributed by atoms with Crippen LogP contribution in [0.15, 0.2) is 18.2 Å². The lowest BCUT2D eigenvalue weighted by Crippen LogP contribution is -2.02. The Balaban J connectivity index is 2.54. The third-order valence-corrected chi connectivity index (χ3v) is 3.86. The summed E-state index contributed by atoms with van der Waals surface area (Å²) in [5.41, 5.74) is 3.04. The lowest BCUT2D eigenvalue weighted by molar-refractivity contribution is 0.101. The molecule has 0 bridgehead atoms. The minimum atomic E-state index is 0.125. The molecule has 3 nitrogen and oxygen atoms in total. The van der Waals surface area contributed by atoms with Crippen LogP contribution in [0.5, 0.6) is 5.75 Å². The Hall–Kier alpha value is -1.77. The topological polar surface area (TPSA) is 31.2 Å². The summed E-state index contributed by atoms with van der Waals surface area (Å²) >= 11 is 0. The summed E-state index contributed by atoms with van der Waals surface area (Å²) < 4.78 is 7.97. The van der Waals surface area contributed by atoms with Gasteiger partial charge in [0.2, 0.25) is 0 Å². The summed E-state index contributed by atoms with van der Waals surface area (Å²) in [5.74, 6) is 0.972. The zero-order valence-corrected chi connectivity index (χ0v) is 13.5. The van der Waals surface area contributed by atoms with Gasteiger partial charge in [-0.1, -0.05) is 20.3 Å². The van der Waals surface area contributed by atoms with Crippen LogP contribution in [0.4, 0.5) is 0 Å². The van der Waals surface area contributed by atoms with Crippen LogP contribution in [0.3, 0.4) is 0 Å². The number of carbonyl (C=O) groups excluding carboxylic acids is 1. The number of ketones is 1. The van der Waals surface area contributed by atoms with Crippen LogP contribution < -0.4 is 4.74 Å². The first kappa shape index (κ1) is 15.6. The second-order valence-electron chi connectivity index (χ2n) is 5.55. The van der Waals surface area contributed by atoms with Gasteiger partial charge in [-0.05, 0) is 44.9 Å². The Morgan fingerprint density at radius 2 is 2.00 bits per heavy atom. The Bertz CT molecular complexity index is 640. The highest BCUT2D eigenvalue weighted by atomic mass is 16.5. The molecule has 0 amide bonds. The normalized spacial score (nSPS) is 11.0. The van der Waals surface area contributed by atoms with Crippen molar-refractivity contribution in [3.05, 3.63) is 29.5 Å². The van der Waals surface area contributed by atoms with Gasteiger partial charge in [-0.3, -0.25) is 4.79 Å². The van der Waals surface area contributed by atoms with E-state index in [1.807, 2.05) is 19.1 Å². The van der Waals surface area contributed by atoms with Crippen molar-refractivity contribution in [2.75, 3.05) is 6.61 Å². The Labute approximate surface area is 126 Å². The third kappa shape index (κ3) is 3.12. The molecule has 1 aromatic carbocycles. The number of nitrogens with zero attached hydrogens (tertiary/aromatic N) is 1. The molecule has 114 valence electrons. The maximum absolute atomic E-state index is 12.0. The van der Waals surface area contributed by atoms with E-state index in [1.54, 1.807) is 6.92 Å². The number of ether oxygens (including phenoxy) is 1. The van der Waals surface area contributed by atoms with Gasteiger partial charge in [-0.2, -0.15) is 0 Å². The van der Waals surface area contributed by atoms with E-state index < -0.39 is 0 Å². The van der Waals surface area contributed by atoms with Gasteiger partial charge in [0.05, 0.1) is 6.61 Å². The first-order chi connectivity index (χ1) is 10.1. The number of hydrogen-bond acceptors (Lipinski definition) is 2. The Kier molecular flexibility index (Phi) is 5.05. The molecule has 0 saturated carbocycles. The van der Waals surface area contributed by atoms with Gasteiger partial charge in [0, 0.05) is 28.7 Å². The predicted octanol–water partition coefficient (Wildman–Crippen LogP) is 4.74. The van der Waals surface area contributed by atoms with Gasteiger partial charge in [0.1, 0.15) is 5.75 Å². The Morgan fingerprint density at radius 3 is 2.62 bits per heavy atom. The van der Waals surface area contributed by atoms with E-state index >= 15 is 0 Å². The zero-order chi connectivity index (χ0) is 15.4. The largest absolute Gasteiger partial charge is 0.494 e. The fourth-order valence-electron chi connectivity index (χ4n) is 2.82. The van der Waals surface area contributed by atoms with Crippen LogP contribution >= 0.6 is 0 Å². The van der Waals surface area contributed by atoms with Crippen molar-refractivity contribution in [1.29, 1.82) is 0 Å². The molecule has 0 aliphatic carbocycles. The smallest absolute Gasteiger partial charge is 0.162 e. The van der Waals surface area contributed by atoms with Crippen molar-refractivity contribution < 1.29 is 9.53 Å². The van der Waals surface area contributed by atoms with E-state index in [4.69, 9.17) is 4.74 Å². The summed E-state index contributed by atoms with van der Waals surface area (Å²) in [5, 5.41) is 1.02. The molecule has 0 unspecified atom stereocenters. The lowest BCUT2D eigenvalue weighted by Gasteiger charge is -2.08. The molecule has 2 rings (SSSR count). The maximum atomic E-state index is 12.0. The van der Waals surface area contributed by atoms with Crippen molar-refractivity contribution in [3.63, 3.8) is 0 Å². The van der Waals surface area contributed by atoms with Gasteiger partial charge in [0.25, 0.3) is 0 Å². The quantitative estimate of drug-likeness (QED) is 0.689. The number of fused-ring (bicyclic) bond motifs is 1. The zero-order valence-electron chi connectivity index (χ0n) is 13.5. The van der Waals surface area contributed by atoms with Crippen LogP contribution in [0.1, 0.15) is 56.1 Å². The number of Topliss-reactive ketones (excluding diaryl/α,β-unsaturated/α-hetero) is 1. The molecule has 21 heavy (non-hydrogen) atoms. The SMILES string of the molecule is CCCCn1c(C)c(C(C)=O)c2cc(OCCC)ccc21. The van der Waals surface area contributed by atoms with Crippen LogP contribution in [0, 0.1) is 6.92 Å². The lowest BCUT2D eigenvalue weighted by atomic mass is 10.1. The average molecular weight is 287 g/mol. The molecule has 1 aromatic heterocycles. The molecule has 0 atom stereocenters. The van der Waals surface area contributed by atoms with E-state index in [1.165, 1.54) is 0 Å². The van der Waals surface area contributed by atoms with Crippen molar-refractivity contribution in [2.24, 2.45) is 0 Å². The second kappa shape index (κ2) is 6.79. The number of carbonyl (C=O) groups is 1. The summed E-state index contributed by atoms with van der Waals surface area (Å²) in [7, 11) is 0. The van der Waals surface area contributed by atoms with Gasteiger partial charge in [-0.15, -0.1) is 0 Å². The monoisotopic (exact) mass is 287 g/mol. The molecule has 0 aliphatic heterocycles. The van der Waals surface area contributed by atoms with Gasteiger partial charge in [-0.25, -0.2) is 0 Å². The molecule has 0 saturated heterocycles. The second-order valence-corrected chi connectivity index (χ2v) is 5.55. The highest BCUT2D eigenvalue weighted by Crippen LogP contribution is 2.30. The summed E-state index contributed by atoms with van der Waals surface area (Å²) in [6, 6.07) is 6.09. The van der Waals surface area contributed by atoms with E-state index in [0.29, 0.717) is 6.61 Å². The van der Waals surface area contributed by atoms with Gasteiger partial charge >= 0.3 is 0 Å². The van der Waals surface area contributed by atoms with Crippen molar-refractivity contribution in [1.82, 2.24) is 4.57 Å². The van der Waals surface area contributed by atoms with Crippen molar-refractivity contribution in [2.45, 2.75) is 53.5 Å². The third-order valence-electron chi connectivity index (χ3n) is 3.86. The highest BCUT2D eigenvalue weighted by molar-refractivity contribution is 6.08. The molecular weight excluding hydrogens is 262 g/mol. The van der Waals surface area contributed by atoms with Crippen LogP contribution in [0.25, 0.3) is 10.9 Å². The molecule has 1 heterocycles. The fraction of sp³-hybridized carbons (Fsp3) is 0.500. The molecule has 0 radical (unpaired) electrons. The molecule has 0 fully saturated rings. The first-order valence-corrected chi connectivity index (χ1v) is 7.86. The minimum absolute atomic E-state index is 0.125. The van der Waals surface area contributed by atoms with Crippen LogP contribution in [-0.2, 0) is 6.54 Å². The number of aryl methyl sites for hydroxylation is 1. The molecule has 3 heteroatoms. The molecule has 0 spiro atoms. The van der Waals surface area contributed by atoms with Crippen molar-refractivity contribution in [3.8, 4) is 5.75 Å². The average Bonchev–Trinajstić information content (AvgIpc) is 2.74. The van der Waals surface area contributed by atoms with E-state index in [2.05, 4.69) is 24.5 Å². The van der Waals surface area contributed by atoms with E-state index in [-0.39, 0.29) is 5.78 Å². The van der Waals surface area contributed by atoms with E-state index in [0.717, 1.165) is 53.7 Å². The summed E-state index contributed by atoms with van der Waals surface area (Å²) in [6.45, 7) is 9.62. The number of rotatable bonds is 7. The molecule has 0 N–H and O–H groups in total. The number of benzene rings is 1. The molecule has 2 aromatic rings. The predicted molar refractivity (Wildman–Crippen MR) is 87.4 cm³/mol. The Morgan fingerprint density at radius 1 is 1.24 bits per heavy atom. The van der Waals surface area contributed by atoms with Gasteiger partial charge < -0.3 is 9.30 Å². The van der Waals surface area contributed by atoms with Crippen molar-refractivity contribution >= 4 is 16.7 Å². The molecular formula is C18H25NO2. The standard InChI is InChI=1S/C18H25NO2/c1-5-7-10-19-13(3)18(14(4)20)16-12-15(21-11-6-2)8-9-17(16)19/h8-9,12H,5-7,10-11H2,1-4H3. The first-order valence-electron chi connectivity index (χ1n) is 7.86. The number of hydrogen-bond donors (Lipinski definition) is 0. The fourth-order valence-corrected chi connectivity index (χ4v) is 2.82. The van der Waals surface area contributed by atoms with Gasteiger partial charge in [0.15, 0.2) is 5.78 Å². The highest BCUT2D eigenvalue weighted by Gasteiger charge is 2.17. The number of unbranched alkanes of at least 4 members (excludes halogenated alkanes) is 1. The van der Waals surface area contributed by atoms with Crippen LogP contribution in [-0.4, -0.2) is 17.0 Å². The van der Waals surface area contributed by atoms with E-state index in [9.17, 15) is 4.79 Å². The minimum Gasteiger partial charge on any atom is -0.494 e. The molecule has 0 aliphatic rings. The number of aromatic nitrogens is 1. The summed E-state index contributed by atoms with van der Waals surface area (Å²) in [4.78, 5) is 12.0. The van der Waals surface area contributed by atoms with Crippen LogP contribution in [0.2, 0.25) is 0 Å².